The molecule has 2 rings (SSSR count). The summed E-state index contributed by atoms with van der Waals surface area (Å²) in [5.41, 5.74) is 0.320. The maximum absolute atomic E-state index is 12.9. The number of H-pyrrole nitrogens is 1. The molecule has 0 unspecified atom stereocenters. The van der Waals surface area contributed by atoms with E-state index in [4.69, 9.17) is 10.2 Å². The van der Waals surface area contributed by atoms with E-state index in [0.717, 1.165) is 4.90 Å². The van der Waals surface area contributed by atoms with Crippen molar-refractivity contribution in [1.29, 1.82) is 0 Å². The van der Waals surface area contributed by atoms with Crippen molar-refractivity contribution in [1.82, 2.24) is 15.0 Å². The van der Waals surface area contributed by atoms with Gasteiger partial charge in [-0.05, 0) is 13.0 Å². The number of hydrogen-bond acceptors (Lipinski definition) is 5. The normalized spacial score (nSPS) is 11.7. The Morgan fingerprint density at radius 2 is 1.78 bits per heavy atom. The first-order chi connectivity index (χ1) is 10.6. The van der Waals surface area contributed by atoms with Gasteiger partial charge in [0.05, 0.1) is 5.39 Å². The summed E-state index contributed by atoms with van der Waals surface area (Å²) in [6, 6.07) is 1.42. The molecule has 23 heavy (non-hydrogen) atoms. The molecule has 124 valence electrons. The molecule has 8 nitrogen and oxygen atoms in total. The summed E-state index contributed by atoms with van der Waals surface area (Å²) in [6.07, 6.45) is -4.86. The van der Waals surface area contributed by atoms with Crippen molar-refractivity contribution in [3.8, 4) is 0 Å². The number of hydrogen-bond donors (Lipinski definition) is 3. The van der Waals surface area contributed by atoms with Crippen molar-refractivity contribution in [2.45, 2.75) is 13.1 Å². The van der Waals surface area contributed by atoms with Crippen molar-refractivity contribution in [2.75, 3.05) is 18.0 Å². The molecule has 0 aliphatic heterocycles. The van der Waals surface area contributed by atoms with Crippen LogP contribution in [0.2, 0.25) is 0 Å². The van der Waals surface area contributed by atoms with Gasteiger partial charge in [0.2, 0.25) is 5.82 Å². The van der Waals surface area contributed by atoms with Crippen molar-refractivity contribution in [3.63, 3.8) is 0 Å². The number of carboxylic acid groups (broad SMARTS) is 2. The number of rotatable bonds is 5. The summed E-state index contributed by atoms with van der Waals surface area (Å²) in [4.78, 5) is 31.8. The van der Waals surface area contributed by atoms with E-state index in [9.17, 15) is 22.8 Å². The molecule has 0 fully saturated rings. The second-order valence-corrected chi connectivity index (χ2v) is 4.73. The largest absolute Gasteiger partial charge is 0.480 e. The molecule has 0 spiro atoms. The molecular weight excluding hydrogens is 321 g/mol. The molecule has 11 heteroatoms. The van der Waals surface area contributed by atoms with E-state index in [-0.39, 0.29) is 11.0 Å². The van der Waals surface area contributed by atoms with Gasteiger partial charge in [-0.2, -0.15) is 13.2 Å². The van der Waals surface area contributed by atoms with Crippen LogP contribution in [0.4, 0.5) is 19.0 Å². The highest BCUT2D eigenvalue weighted by Crippen LogP contribution is 2.32. The van der Waals surface area contributed by atoms with Gasteiger partial charge < -0.3 is 20.1 Å². The fourth-order valence-electron chi connectivity index (χ4n) is 2.03. The van der Waals surface area contributed by atoms with Gasteiger partial charge in [-0.25, -0.2) is 9.97 Å². The molecule has 0 aliphatic rings. The highest BCUT2D eigenvalue weighted by Gasteiger charge is 2.36. The molecular formula is C12H11F3N4O4. The van der Waals surface area contributed by atoms with Crippen molar-refractivity contribution >= 4 is 28.8 Å². The van der Waals surface area contributed by atoms with E-state index in [1.807, 2.05) is 0 Å². The minimum atomic E-state index is -4.86. The minimum absolute atomic E-state index is 0.109. The van der Waals surface area contributed by atoms with Gasteiger partial charge in [0, 0.05) is 5.69 Å². The maximum Gasteiger partial charge on any atom is 0.451 e. The lowest BCUT2D eigenvalue weighted by Crippen LogP contribution is -2.35. The van der Waals surface area contributed by atoms with Gasteiger partial charge in [-0.1, -0.05) is 0 Å². The lowest BCUT2D eigenvalue weighted by molar-refractivity contribution is -0.144. The predicted molar refractivity (Wildman–Crippen MR) is 71.1 cm³/mol. The molecule has 0 aromatic carbocycles. The molecule has 0 bridgehead atoms. The Balaban J connectivity index is 2.67. The molecule has 0 aliphatic carbocycles. The molecule has 3 N–H and O–H groups in total. The third-order valence-electron chi connectivity index (χ3n) is 2.81. The minimum Gasteiger partial charge on any atom is -0.480 e. The summed E-state index contributed by atoms with van der Waals surface area (Å²) in [7, 11) is 0. The second kappa shape index (κ2) is 5.74. The highest BCUT2D eigenvalue weighted by atomic mass is 19.4. The predicted octanol–water partition coefficient (Wildman–Crippen LogP) is 1.26. The van der Waals surface area contributed by atoms with Crippen LogP contribution in [0.5, 0.6) is 0 Å². The van der Waals surface area contributed by atoms with Gasteiger partial charge in [0.15, 0.2) is 0 Å². The van der Waals surface area contributed by atoms with Crippen LogP contribution in [0.3, 0.4) is 0 Å². The van der Waals surface area contributed by atoms with Gasteiger partial charge in [0.1, 0.15) is 24.6 Å². The van der Waals surface area contributed by atoms with Gasteiger partial charge >= 0.3 is 18.1 Å². The molecule has 0 amide bonds. The number of carbonyl (C=O) groups is 2. The number of aryl methyl sites for hydroxylation is 1. The van der Waals surface area contributed by atoms with Gasteiger partial charge in [-0.15, -0.1) is 0 Å². The zero-order chi connectivity index (χ0) is 17.4. The smallest absolute Gasteiger partial charge is 0.451 e. The first-order valence-corrected chi connectivity index (χ1v) is 6.21. The Kier molecular flexibility index (Phi) is 4.12. The lowest BCUT2D eigenvalue weighted by atomic mass is 10.3. The van der Waals surface area contributed by atoms with Crippen molar-refractivity contribution in [3.05, 3.63) is 17.6 Å². The monoisotopic (exact) mass is 332 g/mol. The number of aliphatic carboxylic acids is 2. The first kappa shape index (κ1) is 16.5. The highest BCUT2D eigenvalue weighted by molar-refractivity contribution is 5.91. The van der Waals surface area contributed by atoms with E-state index in [1.54, 1.807) is 6.92 Å². The zero-order valence-corrected chi connectivity index (χ0v) is 11.7. The number of aromatic nitrogens is 3. The summed E-state index contributed by atoms with van der Waals surface area (Å²) < 4.78 is 38.7. The third kappa shape index (κ3) is 3.67. The zero-order valence-electron chi connectivity index (χ0n) is 11.7. The Hall–Kier alpha value is -2.85. The standard InChI is InChI=1S/C12H11F3N4O4/c1-5-2-6-9(16-5)17-11(12(13,14)15)18-10(6)19(3-7(20)21)4-8(22)23/h2H,3-4H2,1H3,(H,20,21)(H,22,23)(H,16,17,18). The third-order valence-corrected chi connectivity index (χ3v) is 2.81. The summed E-state index contributed by atoms with van der Waals surface area (Å²) in [6.45, 7) is -0.0721. The second-order valence-electron chi connectivity index (χ2n) is 4.73. The molecule has 0 atom stereocenters. The van der Waals surface area contributed by atoms with Crippen LogP contribution in [0, 0.1) is 6.92 Å². The van der Waals surface area contributed by atoms with E-state index >= 15 is 0 Å². The fraction of sp³-hybridized carbons (Fsp3) is 0.333. The van der Waals surface area contributed by atoms with Crippen molar-refractivity contribution < 1.29 is 33.0 Å². The number of alkyl halides is 3. The Labute approximate surface area is 126 Å². The molecule has 2 aromatic heterocycles. The van der Waals surface area contributed by atoms with Crippen LogP contribution >= 0.6 is 0 Å². The molecule has 2 aromatic rings. The number of halogens is 3. The van der Waals surface area contributed by atoms with Crippen LogP contribution in [0.25, 0.3) is 11.0 Å². The SMILES string of the molecule is Cc1cc2c(N(CC(=O)O)CC(=O)O)nc(C(F)(F)F)nc2[nH]1. The summed E-state index contributed by atoms with van der Waals surface area (Å²) >= 11 is 0. The van der Waals surface area contributed by atoms with E-state index in [2.05, 4.69) is 15.0 Å². The topological polar surface area (TPSA) is 119 Å². The number of aromatic amines is 1. The van der Waals surface area contributed by atoms with Crippen molar-refractivity contribution in [2.24, 2.45) is 0 Å². The van der Waals surface area contributed by atoms with E-state index in [1.165, 1.54) is 6.07 Å². The average molecular weight is 332 g/mol. The number of anilines is 1. The van der Waals surface area contributed by atoms with Crippen LogP contribution in [0.1, 0.15) is 11.5 Å². The quantitative estimate of drug-likeness (QED) is 0.754. The molecule has 0 radical (unpaired) electrons. The molecule has 0 saturated carbocycles. The first-order valence-electron chi connectivity index (χ1n) is 6.21. The van der Waals surface area contributed by atoms with E-state index in [0.29, 0.717) is 5.69 Å². The Morgan fingerprint density at radius 3 is 2.26 bits per heavy atom. The number of carboxylic acids is 2. The van der Waals surface area contributed by atoms with Gasteiger partial charge in [0.25, 0.3) is 0 Å². The van der Waals surface area contributed by atoms with Crippen LogP contribution in [-0.4, -0.2) is 50.2 Å². The van der Waals surface area contributed by atoms with Crippen LogP contribution in [0.15, 0.2) is 6.07 Å². The number of nitrogens with zero attached hydrogens (tertiary/aromatic N) is 3. The van der Waals surface area contributed by atoms with Crippen LogP contribution < -0.4 is 4.90 Å². The Bertz CT molecular complexity index is 755. The van der Waals surface area contributed by atoms with Gasteiger partial charge in [-0.3, -0.25) is 9.59 Å². The average Bonchev–Trinajstić information content (AvgIpc) is 2.74. The molecule has 2 heterocycles. The fourth-order valence-corrected chi connectivity index (χ4v) is 2.03. The summed E-state index contributed by atoms with van der Waals surface area (Å²) in [5, 5.41) is 17.8. The number of nitrogens with one attached hydrogen (secondary N) is 1. The molecule has 0 saturated heterocycles. The van der Waals surface area contributed by atoms with Crippen LogP contribution in [-0.2, 0) is 15.8 Å². The summed E-state index contributed by atoms with van der Waals surface area (Å²) in [5.74, 6) is -4.70. The number of fused-ring (bicyclic) bond motifs is 1. The Morgan fingerprint density at radius 1 is 1.22 bits per heavy atom. The maximum atomic E-state index is 12.9. The van der Waals surface area contributed by atoms with E-state index < -0.39 is 42.8 Å². The lowest BCUT2D eigenvalue weighted by Gasteiger charge is -2.21.